The first-order valence-corrected chi connectivity index (χ1v) is 7.17. The summed E-state index contributed by atoms with van der Waals surface area (Å²) < 4.78 is 6.22. The van der Waals surface area contributed by atoms with Crippen LogP contribution in [0.15, 0.2) is 60.7 Å². The Labute approximate surface area is 104 Å². The van der Waals surface area contributed by atoms with Gasteiger partial charge in [0.15, 0.2) is 0 Å². The summed E-state index contributed by atoms with van der Waals surface area (Å²) in [6, 6.07) is 18.9. The van der Waals surface area contributed by atoms with E-state index in [9.17, 15) is 4.79 Å². The van der Waals surface area contributed by atoms with Crippen molar-refractivity contribution < 1.29 is 9.53 Å². The molecule has 16 heavy (non-hydrogen) atoms. The topological polar surface area (TPSA) is 26.3 Å². The van der Waals surface area contributed by atoms with Crippen molar-refractivity contribution in [3.8, 4) is 5.75 Å². The molecule has 0 unspecified atom stereocenters. The molecule has 0 saturated carbocycles. The summed E-state index contributed by atoms with van der Waals surface area (Å²) in [6.45, 7) is 0. The van der Waals surface area contributed by atoms with E-state index in [1.165, 1.54) is 0 Å². The quantitative estimate of drug-likeness (QED) is 0.809. The summed E-state index contributed by atoms with van der Waals surface area (Å²) in [5.41, 5.74) is 0. The molecule has 3 heteroatoms. The standard InChI is InChI=1S/C13H10O2Te/c14-13(15-11-7-3-1-4-8-11)16-12-9-5-2-6-10-12/h1-10H. The molecule has 2 aromatic carbocycles. The maximum atomic E-state index is 11.6. The van der Waals surface area contributed by atoms with Crippen molar-refractivity contribution in [3.63, 3.8) is 0 Å². The van der Waals surface area contributed by atoms with Crippen LogP contribution in [0.1, 0.15) is 0 Å². The van der Waals surface area contributed by atoms with Crippen LogP contribution < -0.4 is 8.35 Å². The van der Waals surface area contributed by atoms with Gasteiger partial charge >= 0.3 is 104 Å². The Hall–Kier alpha value is -1.30. The normalized spacial score (nSPS) is 9.75. The predicted molar refractivity (Wildman–Crippen MR) is 64.3 cm³/mol. The summed E-state index contributed by atoms with van der Waals surface area (Å²) in [4.78, 5) is 11.6. The van der Waals surface area contributed by atoms with Gasteiger partial charge < -0.3 is 0 Å². The van der Waals surface area contributed by atoms with Gasteiger partial charge in [-0.05, 0) is 0 Å². The van der Waals surface area contributed by atoms with Crippen LogP contribution in [0.2, 0.25) is 0 Å². The number of benzene rings is 2. The fourth-order valence-corrected chi connectivity index (χ4v) is 2.97. The molecule has 0 N–H and O–H groups in total. The zero-order chi connectivity index (χ0) is 11.2. The molecule has 0 amide bonds. The number of hydrogen-bond donors (Lipinski definition) is 0. The second kappa shape index (κ2) is 5.69. The van der Waals surface area contributed by atoms with Gasteiger partial charge in [0.1, 0.15) is 0 Å². The summed E-state index contributed by atoms with van der Waals surface area (Å²) >= 11 is -0.909. The van der Waals surface area contributed by atoms with Gasteiger partial charge in [0.25, 0.3) is 0 Å². The Balaban J connectivity index is 1.95. The van der Waals surface area contributed by atoms with Crippen LogP contribution in [0.25, 0.3) is 0 Å². The molecule has 0 aliphatic rings. The van der Waals surface area contributed by atoms with Crippen molar-refractivity contribution in [1.29, 1.82) is 0 Å². The summed E-state index contributed by atoms with van der Waals surface area (Å²) in [6.07, 6.45) is 0. The van der Waals surface area contributed by atoms with Crippen LogP contribution in [0, 0.1) is 0 Å². The van der Waals surface area contributed by atoms with E-state index < -0.39 is 20.9 Å². The number of carbonyl (C=O) groups excluding carboxylic acids is 1. The zero-order valence-corrected chi connectivity index (χ0v) is 10.8. The van der Waals surface area contributed by atoms with E-state index in [1.807, 2.05) is 48.5 Å². The summed E-state index contributed by atoms with van der Waals surface area (Å²) in [5, 5.41) is 0. The third kappa shape index (κ3) is 3.37. The minimum atomic E-state index is -0.909. The van der Waals surface area contributed by atoms with Crippen molar-refractivity contribution >= 4 is 28.6 Å². The fourth-order valence-electron chi connectivity index (χ4n) is 1.19. The first-order valence-electron chi connectivity index (χ1n) is 4.84. The van der Waals surface area contributed by atoms with Crippen molar-refractivity contribution in [2.75, 3.05) is 0 Å². The number of hydrogen-bond acceptors (Lipinski definition) is 2. The Morgan fingerprint density at radius 3 is 2.06 bits per heavy atom. The average molecular weight is 326 g/mol. The molecule has 2 aromatic rings. The van der Waals surface area contributed by atoms with Crippen molar-refractivity contribution in [1.82, 2.24) is 0 Å². The maximum absolute atomic E-state index is 11.6. The summed E-state index contributed by atoms with van der Waals surface area (Å²) in [5.74, 6) is 0.619. The second-order valence-electron chi connectivity index (χ2n) is 3.08. The van der Waals surface area contributed by atoms with E-state index in [-0.39, 0.29) is 4.02 Å². The van der Waals surface area contributed by atoms with Gasteiger partial charge in [-0.3, -0.25) is 0 Å². The first-order chi connectivity index (χ1) is 7.84. The van der Waals surface area contributed by atoms with Gasteiger partial charge in [0.05, 0.1) is 0 Å². The van der Waals surface area contributed by atoms with Crippen LogP contribution in [0.3, 0.4) is 0 Å². The van der Waals surface area contributed by atoms with Gasteiger partial charge in [-0.2, -0.15) is 0 Å². The zero-order valence-electron chi connectivity index (χ0n) is 8.50. The molecule has 0 spiro atoms. The van der Waals surface area contributed by atoms with Crippen LogP contribution in [0.4, 0.5) is 4.79 Å². The van der Waals surface area contributed by atoms with Crippen LogP contribution >= 0.6 is 0 Å². The summed E-state index contributed by atoms with van der Waals surface area (Å²) in [7, 11) is 0. The Morgan fingerprint density at radius 2 is 1.44 bits per heavy atom. The van der Waals surface area contributed by atoms with Crippen molar-refractivity contribution in [2.45, 2.75) is 0 Å². The Bertz CT molecular complexity index is 410. The SMILES string of the molecule is O=C(Oc1ccccc1)[Te]c1ccccc1. The molecular weight excluding hydrogens is 316 g/mol. The van der Waals surface area contributed by atoms with E-state index in [0.717, 1.165) is 3.61 Å². The van der Waals surface area contributed by atoms with Gasteiger partial charge in [-0.25, -0.2) is 0 Å². The number of ether oxygens (including phenoxy) is 1. The molecule has 0 atom stereocenters. The molecule has 0 radical (unpaired) electrons. The van der Waals surface area contributed by atoms with Crippen LogP contribution in [-0.4, -0.2) is 24.9 Å². The van der Waals surface area contributed by atoms with Gasteiger partial charge in [-0.15, -0.1) is 0 Å². The number of rotatable bonds is 3. The molecule has 0 fully saturated rings. The molecule has 0 heterocycles. The molecule has 80 valence electrons. The van der Waals surface area contributed by atoms with Crippen molar-refractivity contribution in [3.05, 3.63) is 60.7 Å². The number of carbonyl (C=O) groups is 1. The third-order valence-corrected chi connectivity index (χ3v) is 4.05. The van der Waals surface area contributed by atoms with Crippen molar-refractivity contribution in [2.24, 2.45) is 0 Å². The Morgan fingerprint density at radius 1 is 0.875 bits per heavy atom. The molecule has 0 bridgehead atoms. The minimum absolute atomic E-state index is 0.109. The average Bonchev–Trinajstić information content (AvgIpc) is 2.31. The molecule has 2 nitrogen and oxygen atoms in total. The first kappa shape index (κ1) is 11.2. The molecule has 2 rings (SSSR count). The van der Waals surface area contributed by atoms with E-state index in [2.05, 4.69) is 0 Å². The fraction of sp³-hybridized carbons (Fsp3) is 0. The molecule has 0 aliphatic heterocycles. The van der Waals surface area contributed by atoms with Gasteiger partial charge in [0.2, 0.25) is 0 Å². The predicted octanol–water partition coefficient (Wildman–Crippen LogP) is 2.22. The van der Waals surface area contributed by atoms with E-state index in [4.69, 9.17) is 4.74 Å². The molecular formula is C13H10O2Te. The van der Waals surface area contributed by atoms with Crippen LogP contribution in [0.5, 0.6) is 5.75 Å². The monoisotopic (exact) mass is 328 g/mol. The second-order valence-corrected chi connectivity index (χ2v) is 5.96. The van der Waals surface area contributed by atoms with E-state index in [1.54, 1.807) is 12.1 Å². The van der Waals surface area contributed by atoms with E-state index >= 15 is 0 Å². The molecule has 0 aromatic heterocycles. The molecule has 0 saturated heterocycles. The van der Waals surface area contributed by atoms with Gasteiger partial charge in [-0.1, -0.05) is 0 Å². The van der Waals surface area contributed by atoms with E-state index in [0.29, 0.717) is 5.75 Å². The third-order valence-electron chi connectivity index (χ3n) is 1.89. The Kier molecular flexibility index (Phi) is 3.98. The number of para-hydroxylation sites is 1. The molecule has 0 aliphatic carbocycles. The van der Waals surface area contributed by atoms with Gasteiger partial charge in [0, 0.05) is 0 Å². The van der Waals surface area contributed by atoms with Crippen LogP contribution in [-0.2, 0) is 0 Å².